The average Bonchev–Trinajstić information content (AvgIpc) is 3.12. The summed E-state index contributed by atoms with van der Waals surface area (Å²) in [4.78, 5) is 0. The summed E-state index contributed by atoms with van der Waals surface area (Å²) in [6, 6.07) is 10.8. The van der Waals surface area contributed by atoms with E-state index in [9.17, 15) is 0 Å². The molecule has 2 aromatic carbocycles. The van der Waals surface area contributed by atoms with Gasteiger partial charge in [0.25, 0.3) is 0 Å². The van der Waals surface area contributed by atoms with Gasteiger partial charge in [0.05, 0.1) is 20.1 Å². The predicted molar refractivity (Wildman–Crippen MR) is 114 cm³/mol. The van der Waals surface area contributed by atoms with Gasteiger partial charge < -0.3 is 10.6 Å². The molecule has 2 fully saturated rings. The van der Waals surface area contributed by atoms with E-state index in [1.54, 1.807) is 24.3 Å². The summed E-state index contributed by atoms with van der Waals surface area (Å²) in [6.45, 7) is 0. The van der Waals surface area contributed by atoms with E-state index in [2.05, 4.69) is 10.6 Å². The minimum Gasteiger partial charge on any atom is -0.336 e. The van der Waals surface area contributed by atoms with Crippen LogP contribution in [0.5, 0.6) is 0 Å². The fourth-order valence-electron chi connectivity index (χ4n) is 2.98. The number of nitrogens with zero attached hydrogens (tertiary/aromatic N) is 2. The molecule has 0 aromatic heterocycles. The lowest BCUT2D eigenvalue weighted by Gasteiger charge is -2.27. The number of halogens is 4. The van der Waals surface area contributed by atoms with E-state index >= 15 is 0 Å². The average molecular weight is 464 g/mol. The van der Waals surface area contributed by atoms with Crippen molar-refractivity contribution in [3.8, 4) is 0 Å². The van der Waals surface area contributed by atoms with E-state index < -0.39 is 0 Å². The molecular formula is C16H10Cl4N4S2. The van der Waals surface area contributed by atoms with Crippen molar-refractivity contribution in [3.05, 3.63) is 67.6 Å². The van der Waals surface area contributed by atoms with E-state index in [1.165, 1.54) is 0 Å². The van der Waals surface area contributed by atoms with Gasteiger partial charge in [-0.1, -0.05) is 58.5 Å². The standard InChI is InChI=1S/C16H10Cl4N4S2/c17-9-3-1-7(5-11(9)19)13-21-15(25)24-14(22-16(26)23(13)24)8-2-4-10(18)12(20)6-8/h1-6,13-14H,(H,21,25)(H,22,26)/t13-,14-/m0/s1. The maximum absolute atomic E-state index is 6.16. The molecule has 0 saturated carbocycles. The van der Waals surface area contributed by atoms with E-state index in [0.29, 0.717) is 30.3 Å². The number of benzene rings is 2. The van der Waals surface area contributed by atoms with Crippen molar-refractivity contribution < 1.29 is 0 Å². The molecule has 2 heterocycles. The van der Waals surface area contributed by atoms with E-state index in [-0.39, 0.29) is 12.3 Å². The lowest BCUT2D eigenvalue weighted by molar-refractivity contribution is 0.114. The second-order valence-corrected chi connectivity index (χ2v) is 8.14. The zero-order valence-corrected chi connectivity index (χ0v) is 17.5. The van der Waals surface area contributed by atoms with Crippen LogP contribution in [0.25, 0.3) is 0 Å². The predicted octanol–water partition coefficient (Wildman–Crippen LogP) is 5.29. The molecule has 0 unspecified atom stereocenters. The first kappa shape index (κ1) is 18.3. The van der Waals surface area contributed by atoms with Gasteiger partial charge in [0.2, 0.25) is 0 Å². The van der Waals surface area contributed by atoms with Gasteiger partial charge in [-0.3, -0.25) is 0 Å². The Labute approximate surface area is 180 Å². The number of fused-ring (bicyclic) bond motifs is 1. The Morgan fingerprint density at radius 2 is 1.04 bits per heavy atom. The molecule has 2 saturated heterocycles. The highest BCUT2D eigenvalue weighted by atomic mass is 35.5. The molecule has 2 aliphatic heterocycles. The lowest BCUT2D eigenvalue weighted by atomic mass is 10.1. The Hall–Kier alpha value is -1.02. The molecule has 10 heteroatoms. The number of hydrogen-bond acceptors (Lipinski definition) is 2. The third-order valence-electron chi connectivity index (χ3n) is 4.18. The third-order valence-corrected chi connectivity index (χ3v) is 6.26. The highest BCUT2D eigenvalue weighted by Crippen LogP contribution is 2.39. The molecule has 0 radical (unpaired) electrons. The number of hydrazine groups is 1. The Bertz CT molecular complexity index is 863. The van der Waals surface area contributed by atoms with Crippen molar-refractivity contribution in [2.45, 2.75) is 12.3 Å². The smallest absolute Gasteiger partial charge is 0.192 e. The summed E-state index contributed by atoms with van der Waals surface area (Å²) in [5.41, 5.74) is 1.78. The molecule has 4 nitrogen and oxygen atoms in total. The summed E-state index contributed by atoms with van der Waals surface area (Å²) in [6.07, 6.45) is -0.574. The summed E-state index contributed by atoms with van der Waals surface area (Å²) >= 11 is 35.4. The van der Waals surface area contributed by atoms with Crippen LogP contribution in [-0.4, -0.2) is 20.2 Å². The van der Waals surface area contributed by atoms with Crippen molar-refractivity contribution in [3.63, 3.8) is 0 Å². The first-order chi connectivity index (χ1) is 12.4. The maximum Gasteiger partial charge on any atom is 0.192 e. The highest BCUT2D eigenvalue weighted by Gasteiger charge is 2.47. The first-order valence-electron chi connectivity index (χ1n) is 7.46. The van der Waals surface area contributed by atoms with Gasteiger partial charge in [0.15, 0.2) is 10.2 Å². The monoisotopic (exact) mass is 462 g/mol. The number of rotatable bonds is 2. The fourth-order valence-corrected chi connectivity index (χ4v) is 4.20. The summed E-state index contributed by atoms with van der Waals surface area (Å²) in [5.74, 6) is 0. The molecule has 2 aromatic rings. The zero-order valence-electron chi connectivity index (χ0n) is 12.8. The van der Waals surface area contributed by atoms with Crippen LogP contribution in [0.4, 0.5) is 0 Å². The zero-order chi connectivity index (χ0) is 18.6. The van der Waals surface area contributed by atoms with Crippen molar-refractivity contribution in [2.75, 3.05) is 0 Å². The summed E-state index contributed by atoms with van der Waals surface area (Å²) < 4.78 is 0. The van der Waals surface area contributed by atoms with Gasteiger partial charge in [-0.05, 0) is 59.8 Å². The number of nitrogens with one attached hydrogen (secondary N) is 2. The Morgan fingerprint density at radius 1 is 0.654 bits per heavy atom. The fraction of sp³-hybridized carbons (Fsp3) is 0.125. The second kappa shape index (κ2) is 6.86. The first-order valence-corrected chi connectivity index (χ1v) is 9.79. The molecular weight excluding hydrogens is 454 g/mol. The topological polar surface area (TPSA) is 30.5 Å². The largest absolute Gasteiger partial charge is 0.336 e. The Morgan fingerprint density at radius 3 is 1.38 bits per heavy atom. The van der Waals surface area contributed by atoms with Crippen LogP contribution in [0.15, 0.2) is 36.4 Å². The van der Waals surface area contributed by atoms with Crippen LogP contribution in [-0.2, 0) is 0 Å². The second-order valence-electron chi connectivity index (χ2n) is 5.74. The van der Waals surface area contributed by atoms with Crippen molar-refractivity contribution in [1.82, 2.24) is 20.7 Å². The van der Waals surface area contributed by atoms with Crippen LogP contribution < -0.4 is 10.6 Å². The maximum atomic E-state index is 6.16. The van der Waals surface area contributed by atoms with Crippen molar-refractivity contribution in [1.29, 1.82) is 0 Å². The molecule has 0 bridgehead atoms. The van der Waals surface area contributed by atoms with Gasteiger partial charge in [0.1, 0.15) is 12.3 Å². The SMILES string of the molecule is S=C1N[C@H](c2ccc(Cl)c(Cl)c2)N2C(=S)N[C@H](c3ccc(Cl)c(Cl)c3)N12. The van der Waals surface area contributed by atoms with Gasteiger partial charge in [-0.15, -0.1) is 0 Å². The molecule has 0 spiro atoms. The van der Waals surface area contributed by atoms with Gasteiger partial charge in [-0.2, -0.15) is 0 Å². The number of thiocarbonyl (C=S) groups is 2. The normalized spacial score (nSPS) is 21.7. The van der Waals surface area contributed by atoms with Crippen LogP contribution in [0, 0.1) is 0 Å². The minimum absolute atomic E-state index is 0.287. The van der Waals surface area contributed by atoms with Crippen molar-refractivity contribution >= 4 is 81.1 Å². The molecule has 2 atom stereocenters. The van der Waals surface area contributed by atoms with Crippen molar-refractivity contribution in [2.24, 2.45) is 0 Å². The van der Waals surface area contributed by atoms with Gasteiger partial charge in [0, 0.05) is 0 Å². The third kappa shape index (κ3) is 2.99. The molecule has 2 aliphatic rings. The summed E-state index contributed by atoms with van der Waals surface area (Å²) in [7, 11) is 0. The quantitative estimate of drug-likeness (QED) is 0.588. The van der Waals surface area contributed by atoms with Crippen LogP contribution in [0.1, 0.15) is 23.5 Å². The van der Waals surface area contributed by atoms with E-state index in [0.717, 1.165) is 11.1 Å². The molecule has 2 N–H and O–H groups in total. The van der Waals surface area contributed by atoms with Crippen LogP contribution in [0.3, 0.4) is 0 Å². The minimum atomic E-state index is -0.287. The molecule has 0 aliphatic carbocycles. The van der Waals surface area contributed by atoms with Gasteiger partial charge in [-0.25, -0.2) is 10.0 Å². The van der Waals surface area contributed by atoms with Crippen LogP contribution >= 0.6 is 70.8 Å². The Kier molecular flexibility index (Phi) is 4.84. The summed E-state index contributed by atoms with van der Waals surface area (Å²) in [5, 5.41) is 13.3. The van der Waals surface area contributed by atoms with E-state index in [1.807, 2.05) is 22.2 Å². The molecule has 0 amide bonds. The molecule has 26 heavy (non-hydrogen) atoms. The van der Waals surface area contributed by atoms with Gasteiger partial charge >= 0.3 is 0 Å². The van der Waals surface area contributed by atoms with Crippen LogP contribution in [0.2, 0.25) is 20.1 Å². The lowest BCUT2D eigenvalue weighted by Crippen LogP contribution is -2.36. The molecule has 134 valence electrons. The number of hydrogen-bond donors (Lipinski definition) is 2. The Balaban J connectivity index is 1.71. The highest BCUT2D eigenvalue weighted by molar-refractivity contribution is 7.80. The molecule has 4 rings (SSSR count). The van der Waals surface area contributed by atoms with E-state index in [4.69, 9.17) is 70.8 Å².